The zero-order valence-corrected chi connectivity index (χ0v) is 9.46. The van der Waals surface area contributed by atoms with Gasteiger partial charge in [-0.15, -0.1) is 0 Å². The fourth-order valence-electron chi connectivity index (χ4n) is 1.86. The van der Waals surface area contributed by atoms with Crippen LogP contribution in [0.5, 0.6) is 11.5 Å². The van der Waals surface area contributed by atoms with Gasteiger partial charge in [-0.05, 0) is 24.3 Å². The number of benzene rings is 2. The van der Waals surface area contributed by atoms with Crippen LogP contribution in [0.1, 0.15) is 15.9 Å². The lowest BCUT2D eigenvalue weighted by atomic mass is 10.1. The molecule has 1 heterocycles. The highest BCUT2D eigenvalue weighted by atomic mass is 16.5. The summed E-state index contributed by atoms with van der Waals surface area (Å²) in [5.74, 6) is 0.543. The molecule has 0 radical (unpaired) electrons. The standard InChI is InChI=1S/C14H10N2O2/c15-14(17)10-5-3-6-11-13(10)18-12-7-2-1-4-9(12)8-16-11/h1-8H,(H2,15,17). The molecule has 88 valence electrons. The molecular weight excluding hydrogens is 228 g/mol. The number of carbonyl (C=O) groups excluding carboxylic acids is 1. The molecule has 0 saturated carbocycles. The molecule has 1 aliphatic heterocycles. The van der Waals surface area contributed by atoms with Crippen molar-refractivity contribution < 1.29 is 9.53 Å². The number of fused-ring (bicyclic) bond motifs is 2. The molecule has 3 rings (SSSR count). The third-order valence-corrected chi connectivity index (χ3v) is 2.73. The average Bonchev–Trinajstić information content (AvgIpc) is 2.57. The van der Waals surface area contributed by atoms with Crippen LogP contribution in [0.3, 0.4) is 0 Å². The van der Waals surface area contributed by atoms with Gasteiger partial charge in [0.15, 0.2) is 5.75 Å². The zero-order chi connectivity index (χ0) is 12.5. The van der Waals surface area contributed by atoms with E-state index in [1.165, 1.54) is 0 Å². The summed E-state index contributed by atoms with van der Waals surface area (Å²) in [6.45, 7) is 0. The minimum atomic E-state index is -0.526. The van der Waals surface area contributed by atoms with Crippen LogP contribution in [0, 0.1) is 0 Å². The van der Waals surface area contributed by atoms with Gasteiger partial charge < -0.3 is 10.5 Å². The molecule has 0 aromatic heterocycles. The molecule has 0 saturated heterocycles. The van der Waals surface area contributed by atoms with E-state index in [1.807, 2.05) is 24.3 Å². The molecule has 4 heteroatoms. The van der Waals surface area contributed by atoms with Gasteiger partial charge in [-0.2, -0.15) is 0 Å². The van der Waals surface area contributed by atoms with Gasteiger partial charge in [-0.1, -0.05) is 18.2 Å². The Morgan fingerprint density at radius 2 is 1.94 bits per heavy atom. The first kappa shape index (κ1) is 10.5. The molecule has 2 aromatic carbocycles. The first-order valence-electron chi connectivity index (χ1n) is 5.49. The monoisotopic (exact) mass is 238 g/mol. The van der Waals surface area contributed by atoms with Crippen molar-refractivity contribution in [3.63, 3.8) is 0 Å². The van der Waals surface area contributed by atoms with Crippen LogP contribution in [0.25, 0.3) is 0 Å². The van der Waals surface area contributed by atoms with Crippen LogP contribution >= 0.6 is 0 Å². The second-order valence-electron chi connectivity index (χ2n) is 3.92. The fraction of sp³-hybridized carbons (Fsp3) is 0. The maximum Gasteiger partial charge on any atom is 0.252 e. The molecule has 0 unspecified atom stereocenters. The van der Waals surface area contributed by atoms with Crippen molar-refractivity contribution in [3.8, 4) is 11.5 Å². The second-order valence-corrected chi connectivity index (χ2v) is 3.92. The van der Waals surface area contributed by atoms with Gasteiger partial charge in [0.05, 0.1) is 5.56 Å². The topological polar surface area (TPSA) is 64.7 Å². The number of hydrogen-bond donors (Lipinski definition) is 1. The van der Waals surface area contributed by atoms with Gasteiger partial charge in [0.2, 0.25) is 0 Å². The molecule has 0 bridgehead atoms. The third kappa shape index (κ3) is 1.64. The van der Waals surface area contributed by atoms with Crippen molar-refractivity contribution in [2.24, 2.45) is 10.7 Å². The molecule has 0 spiro atoms. The highest BCUT2D eigenvalue weighted by Gasteiger charge is 2.17. The lowest BCUT2D eigenvalue weighted by molar-refractivity contribution is 0.0998. The van der Waals surface area contributed by atoms with Crippen LogP contribution < -0.4 is 10.5 Å². The van der Waals surface area contributed by atoms with Gasteiger partial charge in [0.1, 0.15) is 11.4 Å². The number of rotatable bonds is 1. The van der Waals surface area contributed by atoms with Crippen molar-refractivity contribution >= 4 is 17.8 Å². The van der Waals surface area contributed by atoms with E-state index in [1.54, 1.807) is 24.4 Å². The van der Waals surface area contributed by atoms with Crippen LogP contribution in [0.4, 0.5) is 5.69 Å². The van der Waals surface area contributed by atoms with Crippen LogP contribution in [-0.4, -0.2) is 12.1 Å². The Hall–Kier alpha value is -2.62. The Balaban J connectivity index is 2.22. The minimum Gasteiger partial charge on any atom is -0.454 e. The number of nitrogens with zero attached hydrogens (tertiary/aromatic N) is 1. The highest BCUT2D eigenvalue weighted by molar-refractivity contribution is 5.99. The van der Waals surface area contributed by atoms with Gasteiger partial charge >= 0.3 is 0 Å². The molecule has 1 aliphatic rings. The van der Waals surface area contributed by atoms with Crippen LogP contribution in [0.15, 0.2) is 47.5 Å². The Kier molecular flexibility index (Phi) is 2.34. The smallest absolute Gasteiger partial charge is 0.252 e. The van der Waals surface area contributed by atoms with E-state index in [2.05, 4.69) is 4.99 Å². The second kappa shape index (κ2) is 4.00. The third-order valence-electron chi connectivity index (χ3n) is 2.73. The molecule has 0 atom stereocenters. The summed E-state index contributed by atoms with van der Waals surface area (Å²) in [4.78, 5) is 15.7. The van der Waals surface area contributed by atoms with Gasteiger partial charge in [-0.25, -0.2) is 0 Å². The van der Waals surface area contributed by atoms with Crippen molar-refractivity contribution in [2.45, 2.75) is 0 Å². The maximum absolute atomic E-state index is 11.4. The lowest BCUT2D eigenvalue weighted by Crippen LogP contribution is -2.12. The largest absolute Gasteiger partial charge is 0.454 e. The molecular formula is C14H10N2O2. The van der Waals surface area contributed by atoms with Crippen molar-refractivity contribution in [3.05, 3.63) is 53.6 Å². The Labute approximate surface area is 104 Å². The number of aliphatic imine (C=N–C) groups is 1. The number of ether oxygens (including phenoxy) is 1. The molecule has 1 amide bonds. The SMILES string of the molecule is NC(=O)c1cccc2c1Oc1ccccc1C=N2. The summed E-state index contributed by atoms with van der Waals surface area (Å²) >= 11 is 0. The average molecular weight is 238 g/mol. The summed E-state index contributed by atoms with van der Waals surface area (Å²) in [6.07, 6.45) is 1.71. The van der Waals surface area contributed by atoms with Gasteiger partial charge in [-0.3, -0.25) is 9.79 Å². The first-order valence-corrected chi connectivity index (χ1v) is 5.49. The number of carbonyl (C=O) groups is 1. The van der Waals surface area contributed by atoms with E-state index in [0.29, 0.717) is 22.7 Å². The Morgan fingerprint density at radius 1 is 1.11 bits per heavy atom. The van der Waals surface area contributed by atoms with Crippen molar-refractivity contribution in [2.75, 3.05) is 0 Å². The number of primary amides is 1. The van der Waals surface area contributed by atoms with E-state index in [4.69, 9.17) is 10.5 Å². The van der Waals surface area contributed by atoms with Gasteiger partial charge in [0.25, 0.3) is 5.91 Å². The summed E-state index contributed by atoms with van der Waals surface area (Å²) in [7, 11) is 0. The maximum atomic E-state index is 11.4. The number of hydrogen-bond acceptors (Lipinski definition) is 3. The number of para-hydroxylation sites is 2. The molecule has 0 aliphatic carbocycles. The molecule has 0 fully saturated rings. The Morgan fingerprint density at radius 3 is 2.78 bits per heavy atom. The number of amides is 1. The predicted octanol–water partition coefficient (Wildman–Crippen LogP) is 2.64. The fourth-order valence-corrected chi connectivity index (χ4v) is 1.86. The van der Waals surface area contributed by atoms with Gasteiger partial charge in [0, 0.05) is 11.8 Å². The van der Waals surface area contributed by atoms with E-state index in [0.717, 1.165) is 5.56 Å². The van der Waals surface area contributed by atoms with E-state index >= 15 is 0 Å². The van der Waals surface area contributed by atoms with Crippen LogP contribution in [-0.2, 0) is 0 Å². The zero-order valence-electron chi connectivity index (χ0n) is 9.46. The van der Waals surface area contributed by atoms with Crippen molar-refractivity contribution in [1.29, 1.82) is 0 Å². The quantitative estimate of drug-likeness (QED) is 0.708. The van der Waals surface area contributed by atoms with E-state index < -0.39 is 5.91 Å². The summed E-state index contributed by atoms with van der Waals surface area (Å²) in [5.41, 5.74) is 7.14. The molecule has 2 N–H and O–H groups in total. The highest BCUT2D eigenvalue weighted by Crippen LogP contribution is 2.38. The van der Waals surface area contributed by atoms with E-state index in [9.17, 15) is 4.79 Å². The first-order chi connectivity index (χ1) is 8.75. The Bertz CT molecular complexity index is 663. The minimum absolute atomic E-state index is 0.335. The van der Waals surface area contributed by atoms with Crippen molar-refractivity contribution in [1.82, 2.24) is 0 Å². The molecule has 4 nitrogen and oxygen atoms in total. The van der Waals surface area contributed by atoms with Crippen LogP contribution in [0.2, 0.25) is 0 Å². The lowest BCUT2D eigenvalue weighted by Gasteiger charge is -2.10. The normalized spacial score (nSPS) is 12.0. The molecule has 18 heavy (non-hydrogen) atoms. The van der Waals surface area contributed by atoms with E-state index in [-0.39, 0.29) is 0 Å². The summed E-state index contributed by atoms with van der Waals surface area (Å²) < 4.78 is 5.77. The predicted molar refractivity (Wildman–Crippen MR) is 68.7 cm³/mol. The molecule has 2 aromatic rings. The summed E-state index contributed by atoms with van der Waals surface area (Å²) in [5, 5.41) is 0. The number of nitrogens with two attached hydrogens (primary N) is 1. The summed E-state index contributed by atoms with van der Waals surface area (Å²) in [6, 6.07) is 12.6.